The molecule has 0 aromatic heterocycles. The molecule has 3 N–H and O–H groups in total. The van der Waals surface area contributed by atoms with Crippen molar-refractivity contribution in [2.24, 2.45) is 5.73 Å². The minimum absolute atomic E-state index is 0.257. The van der Waals surface area contributed by atoms with Crippen LogP contribution in [0.2, 0.25) is 0 Å². The molecule has 0 heterocycles. The van der Waals surface area contributed by atoms with Crippen molar-refractivity contribution >= 4 is 10.8 Å². The topological polar surface area (TPSA) is 46.2 Å². The fourth-order valence-corrected chi connectivity index (χ4v) is 1.89. The second-order valence-corrected chi connectivity index (χ2v) is 3.77. The van der Waals surface area contributed by atoms with Gasteiger partial charge in [-0.25, -0.2) is 0 Å². The lowest BCUT2D eigenvalue weighted by Crippen LogP contribution is -2.11. The first-order valence-corrected chi connectivity index (χ1v) is 5.10. The average molecular weight is 201 g/mol. The third kappa shape index (κ3) is 1.74. The van der Waals surface area contributed by atoms with Crippen LogP contribution in [0, 0.1) is 6.92 Å². The van der Waals surface area contributed by atoms with E-state index in [4.69, 9.17) is 5.73 Å². The van der Waals surface area contributed by atoms with Gasteiger partial charge in [-0.05, 0) is 28.8 Å². The largest absolute Gasteiger partial charge is 0.387 e. The fraction of sp³-hybridized carbons (Fsp3) is 0.231. The summed E-state index contributed by atoms with van der Waals surface area (Å²) in [6.07, 6.45) is -0.574. The van der Waals surface area contributed by atoms with Gasteiger partial charge < -0.3 is 10.8 Å². The van der Waals surface area contributed by atoms with E-state index in [-0.39, 0.29) is 6.54 Å². The quantitative estimate of drug-likeness (QED) is 0.782. The summed E-state index contributed by atoms with van der Waals surface area (Å²) in [6.45, 7) is 2.33. The molecule has 1 atom stereocenters. The standard InChI is InChI=1S/C13H15NO/c1-9-6-7-12(13(15)8-14)11-5-3-2-4-10(9)11/h2-7,13,15H,8,14H2,1H3/t13-/m1/s1. The van der Waals surface area contributed by atoms with Crippen molar-refractivity contribution in [1.82, 2.24) is 0 Å². The van der Waals surface area contributed by atoms with Gasteiger partial charge in [0.2, 0.25) is 0 Å². The van der Waals surface area contributed by atoms with Crippen LogP contribution in [-0.4, -0.2) is 11.7 Å². The third-order valence-electron chi connectivity index (χ3n) is 2.76. The summed E-state index contributed by atoms with van der Waals surface area (Å²) in [6, 6.07) is 12.1. The maximum absolute atomic E-state index is 9.79. The van der Waals surface area contributed by atoms with E-state index in [0.717, 1.165) is 10.9 Å². The van der Waals surface area contributed by atoms with Crippen molar-refractivity contribution in [2.75, 3.05) is 6.54 Å². The van der Waals surface area contributed by atoms with Gasteiger partial charge in [-0.2, -0.15) is 0 Å². The van der Waals surface area contributed by atoms with Crippen molar-refractivity contribution < 1.29 is 5.11 Å². The van der Waals surface area contributed by atoms with Crippen LogP contribution in [0.5, 0.6) is 0 Å². The van der Waals surface area contributed by atoms with Crippen molar-refractivity contribution in [3.8, 4) is 0 Å². The first kappa shape index (κ1) is 10.1. The van der Waals surface area contributed by atoms with Crippen molar-refractivity contribution in [1.29, 1.82) is 0 Å². The first-order valence-electron chi connectivity index (χ1n) is 5.10. The van der Waals surface area contributed by atoms with Crippen LogP contribution in [0.3, 0.4) is 0 Å². The molecule has 0 aliphatic heterocycles. The van der Waals surface area contributed by atoms with Gasteiger partial charge in [0.15, 0.2) is 0 Å². The number of hydrogen-bond donors (Lipinski definition) is 2. The molecule has 0 spiro atoms. The number of aliphatic hydroxyl groups excluding tert-OH is 1. The zero-order chi connectivity index (χ0) is 10.8. The Balaban J connectivity index is 2.71. The molecule has 2 aromatic carbocycles. The van der Waals surface area contributed by atoms with Gasteiger partial charge >= 0.3 is 0 Å². The molecule has 2 heteroatoms. The Kier molecular flexibility index (Phi) is 2.71. The van der Waals surface area contributed by atoms with Crippen molar-refractivity contribution in [2.45, 2.75) is 13.0 Å². The van der Waals surface area contributed by atoms with Gasteiger partial charge in [-0.3, -0.25) is 0 Å². The van der Waals surface area contributed by atoms with E-state index in [1.165, 1.54) is 10.9 Å². The minimum Gasteiger partial charge on any atom is -0.387 e. The number of hydrogen-bond acceptors (Lipinski definition) is 2. The van der Waals surface area contributed by atoms with Crippen LogP contribution in [0.15, 0.2) is 36.4 Å². The van der Waals surface area contributed by atoms with Crippen molar-refractivity contribution in [3.05, 3.63) is 47.5 Å². The van der Waals surface area contributed by atoms with E-state index < -0.39 is 6.10 Å². The summed E-state index contributed by atoms with van der Waals surface area (Å²) in [5.41, 5.74) is 7.62. The predicted molar refractivity (Wildman–Crippen MR) is 62.7 cm³/mol. The molecule has 0 saturated carbocycles. The highest BCUT2D eigenvalue weighted by Gasteiger charge is 2.09. The molecule has 0 radical (unpaired) electrons. The van der Waals surface area contributed by atoms with E-state index in [1.54, 1.807) is 0 Å². The molecule has 2 nitrogen and oxygen atoms in total. The van der Waals surface area contributed by atoms with Crippen LogP contribution < -0.4 is 5.73 Å². The Labute approximate surface area is 89.3 Å². The molecule has 0 aliphatic rings. The highest BCUT2D eigenvalue weighted by Crippen LogP contribution is 2.26. The molecule has 78 valence electrons. The Morgan fingerprint density at radius 1 is 1.13 bits per heavy atom. The van der Waals surface area contributed by atoms with Crippen LogP contribution in [-0.2, 0) is 0 Å². The van der Waals surface area contributed by atoms with Crippen LogP contribution >= 0.6 is 0 Å². The third-order valence-corrected chi connectivity index (χ3v) is 2.76. The van der Waals surface area contributed by atoms with Gasteiger partial charge in [0, 0.05) is 6.54 Å². The SMILES string of the molecule is Cc1ccc([C@H](O)CN)c2ccccc12. The number of aliphatic hydroxyl groups is 1. The van der Waals surface area contributed by atoms with E-state index in [9.17, 15) is 5.11 Å². The fourth-order valence-electron chi connectivity index (χ4n) is 1.89. The molecule has 0 fully saturated rings. The molecular weight excluding hydrogens is 186 g/mol. The van der Waals surface area contributed by atoms with Gasteiger partial charge in [-0.1, -0.05) is 36.4 Å². The predicted octanol–water partition coefficient (Wildman–Crippen LogP) is 2.14. The Morgan fingerprint density at radius 2 is 1.80 bits per heavy atom. The van der Waals surface area contributed by atoms with Crippen molar-refractivity contribution in [3.63, 3.8) is 0 Å². The highest BCUT2D eigenvalue weighted by molar-refractivity contribution is 5.88. The van der Waals surface area contributed by atoms with Gasteiger partial charge in [0.25, 0.3) is 0 Å². The number of benzene rings is 2. The molecule has 2 aromatic rings. The minimum atomic E-state index is -0.574. The van der Waals surface area contributed by atoms with Gasteiger partial charge in [0.1, 0.15) is 0 Å². The zero-order valence-corrected chi connectivity index (χ0v) is 8.77. The summed E-state index contributed by atoms with van der Waals surface area (Å²) in [4.78, 5) is 0. The summed E-state index contributed by atoms with van der Waals surface area (Å²) >= 11 is 0. The van der Waals surface area contributed by atoms with E-state index >= 15 is 0 Å². The maximum Gasteiger partial charge on any atom is 0.0918 e. The van der Waals surface area contributed by atoms with Gasteiger partial charge in [-0.15, -0.1) is 0 Å². The smallest absolute Gasteiger partial charge is 0.0918 e. The number of aryl methyl sites for hydroxylation is 1. The Bertz CT molecular complexity index is 479. The lowest BCUT2D eigenvalue weighted by Gasteiger charge is -2.13. The molecule has 2 rings (SSSR count). The average Bonchev–Trinajstić information content (AvgIpc) is 2.29. The second-order valence-electron chi connectivity index (χ2n) is 3.77. The lowest BCUT2D eigenvalue weighted by atomic mass is 9.97. The molecule has 0 aliphatic carbocycles. The highest BCUT2D eigenvalue weighted by atomic mass is 16.3. The summed E-state index contributed by atoms with van der Waals surface area (Å²) in [5.74, 6) is 0. The monoisotopic (exact) mass is 201 g/mol. The summed E-state index contributed by atoms with van der Waals surface area (Å²) < 4.78 is 0. The lowest BCUT2D eigenvalue weighted by molar-refractivity contribution is 0.188. The number of fused-ring (bicyclic) bond motifs is 1. The second kappa shape index (κ2) is 4.01. The van der Waals surface area contributed by atoms with Crippen LogP contribution in [0.1, 0.15) is 17.2 Å². The molecule has 0 bridgehead atoms. The maximum atomic E-state index is 9.79. The normalized spacial score (nSPS) is 13.0. The summed E-state index contributed by atoms with van der Waals surface area (Å²) in [7, 11) is 0. The molecule has 0 unspecified atom stereocenters. The first-order chi connectivity index (χ1) is 7.24. The molecule has 0 amide bonds. The Hall–Kier alpha value is -1.38. The van der Waals surface area contributed by atoms with Gasteiger partial charge in [0.05, 0.1) is 6.10 Å². The Morgan fingerprint density at radius 3 is 2.47 bits per heavy atom. The number of nitrogens with two attached hydrogens (primary N) is 1. The summed E-state index contributed by atoms with van der Waals surface area (Å²) in [5, 5.41) is 12.1. The number of rotatable bonds is 2. The van der Waals surface area contributed by atoms with Crippen LogP contribution in [0.4, 0.5) is 0 Å². The molecular formula is C13H15NO. The van der Waals surface area contributed by atoms with E-state index in [0.29, 0.717) is 0 Å². The van der Waals surface area contributed by atoms with E-state index in [2.05, 4.69) is 13.0 Å². The zero-order valence-electron chi connectivity index (χ0n) is 8.77. The van der Waals surface area contributed by atoms with E-state index in [1.807, 2.05) is 30.3 Å². The molecule has 15 heavy (non-hydrogen) atoms. The van der Waals surface area contributed by atoms with Crippen LogP contribution in [0.25, 0.3) is 10.8 Å². The molecule has 0 saturated heterocycles.